The molecule has 1 N–H and O–H groups in total. The van der Waals surface area contributed by atoms with Crippen LogP contribution >= 0.6 is 11.6 Å². The van der Waals surface area contributed by atoms with Crippen molar-refractivity contribution in [3.63, 3.8) is 0 Å². The zero-order valence-electron chi connectivity index (χ0n) is 14.2. The summed E-state index contributed by atoms with van der Waals surface area (Å²) in [5, 5.41) is 3.29. The molecule has 1 amide bonds. The zero-order chi connectivity index (χ0) is 18.4. The van der Waals surface area contributed by atoms with Gasteiger partial charge in [0.1, 0.15) is 12.4 Å². The van der Waals surface area contributed by atoms with E-state index in [1.165, 1.54) is 0 Å². The number of halogens is 1. The molecule has 0 spiro atoms. The second-order valence-corrected chi connectivity index (χ2v) is 6.61. The molecule has 0 saturated heterocycles. The summed E-state index contributed by atoms with van der Waals surface area (Å²) >= 11 is 5.88. The Morgan fingerprint density at radius 3 is 2.38 bits per heavy atom. The number of nitrogens with one attached hydrogen (secondary N) is 1. The van der Waals surface area contributed by atoms with Crippen LogP contribution in [-0.4, -0.2) is 31.6 Å². The number of para-hydroxylation sites is 1. The van der Waals surface area contributed by atoms with Crippen molar-refractivity contribution in [2.24, 2.45) is 0 Å². The molecule has 1 aliphatic carbocycles. The molecule has 26 heavy (non-hydrogen) atoms. The Bertz CT molecular complexity index is 757. The highest BCUT2D eigenvalue weighted by Crippen LogP contribution is 2.49. The minimum absolute atomic E-state index is 0.292. The largest absolute Gasteiger partial charge is 0.492 e. The summed E-state index contributed by atoms with van der Waals surface area (Å²) in [5.41, 5.74) is 0.255. The van der Waals surface area contributed by atoms with Gasteiger partial charge in [-0.05, 0) is 42.7 Å². The zero-order valence-corrected chi connectivity index (χ0v) is 15.0. The number of carbonyl (C=O) groups is 2. The van der Waals surface area contributed by atoms with Gasteiger partial charge < -0.3 is 14.8 Å². The maximum atomic E-state index is 12.4. The minimum Gasteiger partial charge on any atom is -0.492 e. The second kappa shape index (κ2) is 8.23. The Morgan fingerprint density at radius 1 is 1.04 bits per heavy atom. The molecule has 136 valence electrons. The number of amides is 1. The van der Waals surface area contributed by atoms with Gasteiger partial charge >= 0.3 is 5.97 Å². The normalized spacial score (nSPS) is 14.3. The van der Waals surface area contributed by atoms with Crippen LogP contribution in [0, 0.1) is 0 Å². The Morgan fingerprint density at radius 2 is 1.73 bits per heavy atom. The Hall–Kier alpha value is -2.53. The first-order chi connectivity index (χ1) is 12.6. The summed E-state index contributed by atoms with van der Waals surface area (Å²) in [6.07, 6.45) is 1.44. The van der Waals surface area contributed by atoms with Gasteiger partial charge in [-0.15, -0.1) is 0 Å². The van der Waals surface area contributed by atoms with Crippen LogP contribution in [0.5, 0.6) is 5.75 Å². The van der Waals surface area contributed by atoms with Crippen molar-refractivity contribution in [3.8, 4) is 5.75 Å². The SMILES string of the molecule is O=C(COC(=O)C1(c2ccc(Cl)cc2)CC1)NCCOc1ccccc1. The molecule has 0 aliphatic heterocycles. The van der Waals surface area contributed by atoms with Crippen molar-refractivity contribution >= 4 is 23.5 Å². The van der Waals surface area contributed by atoms with Crippen LogP contribution in [0.1, 0.15) is 18.4 Å². The van der Waals surface area contributed by atoms with Crippen LogP contribution in [0.25, 0.3) is 0 Å². The first kappa shape index (κ1) is 18.3. The summed E-state index contributed by atoms with van der Waals surface area (Å²) in [7, 11) is 0. The molecule has 1 aliphatic rings. The van der Waals surface area contributed by atoms with Gasteiger partial charge in [0, 0.05) is 5.02 Å². The first-order valence-corrected chi connectivity index (χ1v) is 8.86. The third-order valence-corrected chi connectivity index (χ3v) is 4.56. The lowest BCUT2D eigenvalue weighted by Gasteiger charge is -2.15. The third kappa shape index (κ3) is 4.55. The van der Waals surface area contributed by atoms with E-state index in [-0.39, 0.29) is 18.5 Å². The van der Waals surface area contributed by atoms with Gasteiger partial charge in [0.25, 0.3) is 5.91 Å². The van der Waals surface area contributed by atoms with Crippen LogP contribution in [-0.2, 0) is 19.7 Å². The molecular formula is C20H20ClNO4. The van der Waals surface area contributed by atoms with Gasteiger partial charge in [0.2, 0.25) is 0 Å². The smallest absolute Gasteiger partial charge is 0.317 e. The molecule has 1 saturated carbocycles. The fourth-order valence-corrected chi connectivity index (χ4v) is 2.83. The molecule has 0 atom stereocenters. The van der Waals surface area contributed by atoms with E-state index in [1.54, 1.807) is 12.1 Å². The molecule has 2 aromatic carbocycles. The highest BCUT2D eigenvalue weighted by molar-refractivity contribution is 6.30. The topological polar surface area (TPSA) is 64.6 Å². The van der Waals surface area contributed by atoms with E-state index < -0.39 is 5.41 Å². The van der Waals surface area contributed by atoms with E-state index in [0.717, 1.165) is 24.2 Å². The lowest BCUT2D eigenvalue weighted by atomic mass is 9.96. The van der Waals surface area contributed by atoms with Gasteiger partial charge in [-0.3, -0.25) is 9.59 Å². The summed E-state index contributed by atoms with van der Waals surface area (Å²) in [6.45, 7) is 0.394. The molecule has 0 unspecified atom stereocenters. The van der Waals surface area contributed by atoms with Gasteiger partial charge in [-0.2, -0.15) is 0 Å². The number of benzene rings is 2. The Labute approximate surface area is 157 Å². The van der Waals surface area contributed by atoms with E-state index in [1.807, 2.05) is 42.5 Å². The van der Waals surface area contributed by atoms with E-state index in [9.17, 15) is 9.59 Å². The minimum atomic E-state index is -0.624. The number of carbonyl (C=O) groups excluding carboxylic acids is 2. The molecule has 3 rings (SSSR count). The van der Waals surface area contributed by atoms with Crippen molar-refractivity contribution in [1.82, 2.24) is 5.32 Å². The molecule has 2 aromatic rings. The number of rotatable bonds is 8. The van der Waals surface area contributed by atoms with Crippen LogP contribution in [0.15, 0.2) is 54.6 Å². The fraction of sp³-hybridized carbons (Fsp3) is 0.300. The van der Waals surface area contributed by atoms with Gasteiger partial charge in [-0.25, -0.2) is 0 Å². The summed E-state index contributed by atoms with van der Waals surface area (Å²) < 4.78 is 10.7. The standard InChI is InChI=1S/C20H20ClNO4/c21-16-8-6-15(7-9-16)20(10-11-20)19(24)26-14-18(23)22-12-13-25-17-4-2-1-3-5-17/h1-9H,10-14H2,(H,22,23). The Kier molecular flexibility index (Phi) is 5.78. The van der Waals surface area contributed by atoms with Crippen molar-refractivity contribution in [1.29, 1.82) is 0 Å². The van der Waals surface area contributed by atoms with E-state index in [4.69, 9.17) is 21.1 Å². The number of ether oxygens (including phenoxy) is 2. The van der Waals surface area contributed by atoms with Crippen LogP contribution < -0.4 is 10.1 Å². The lowest BCUT2D eigenvalue weighted by Crippen LogP contribution is -2.34. The quantitative estimate of drug-likeness (QED) is 0.570. The van der Waals surface area contributed by atoms with Crippen LogP contribution in [0.4, 0.5) is 0 Å². The molecule has 1 fully saturated rings. The van der Waals surface area contributed by atoms with E-state index in [0.29, 0.717) is 18.2 Å². The highest BCUT2D eigenvalue weighted by Gasteiger charge is 2.52. The molecule has 6 heteroatoms. The van der Waals surface area contributed by atoms with E-state index in [2.05, 4.69) is 5.32 Å². The van der Waals surface area contributed by atoms with Gasteiger partial charge in [0.05, 0.1) is 12.0 Å². The molecule has 0 radical (unpaired) electrons. The summed E-state index contributed by atoms with van der Waals surface area (Å²) in [5.74, 6) is 0.0317. The average molecular weight is 374 g/mol. The number of esters is 1. The van der Waals surface area contributed by atoms with E-state index >= 15 is 0 Å². The summed E-state index contributed by atoms with van der Waals surface area (Å²) in [6, 6.07) is 16.5. The number of hydrogen-bond acceptors (Lipinski definition) is 4. The molecular weight excluding hydrogens is 354 g/mol. The second-order valence-electron chi connectivity index (χ2n) is 6.18. The molecule has 0 heterocycles. The van der Waals surface area contributed by atoms with Crippen LogP contribution in [0.2, 0.25) is 5.02 Å². The predicted octanol–water partition coefficient (Wildman–Crippen LogP) is 3.11. The maximum absolute atomic E-state index is 12.4. The van der Waals surface area contributed by atoms with Crippen molar-refractivity contribution in [2.75, 3.05) is 19.8 Å². The van der Waals surface area contributed by atoms with Gasteiger partial charge in [-0.1, -0.05) is 41.9 Å². The van der Waals surface area contributed by atoms with Crippen molar-refractivity contribution < 1.29 is 19.1 Å². The average Bonchev–Trinajstić information content (AvgIpc) is 3.47. The first-order valence-electron chi connectivity index (χ1n) is 8.48. The van der Waals surface area contributed by atoms with Crippen LogP contribution in [0.3, 0.4) is 0 Å². The predicted molar refractivity (Wildman–Crippen MR) is 98.3 cm³/mol. The number of hydrogen-bond donors (Lipinski definition) is 1. The van der Waals surface area contributed by atoms with Crippen molar-refractivity contribution in [2.45, 2.75) is 18.3 Å². The monoisotopic (exact) mass is 373 g/mol. The molecule has 0 aromatic heterocycles. The fourth-order valence-electron chi connectivity index (χ4n) is 2.70. The third-order valence-electron chi connectivity index (χ3n) is 4.31. The summed E-state index contributed by atoms with van der Waals surface area (Å²) in [4.78, 5) is 24.2. The maximum Gasteiger partial charge on any atom is 0.317 e. The Balaban J connectivity index is 1.39. The highest BCUT2D eigenvalue weighted by atomic mass is 35.5. The van der Waals surface area contributed by atoms with Crippen molar-refractivity contribution in [3.05, 3.63) is 65.2 Å². The van der Waals surface area contributed by atoms with Gasteiger partial charge in [0.15, 0.2) is 6.61 Å². The lowest BCUT2D eigenvalue weighted by molar-refractivity contribution is -0.151. The molecule has 0 bridgehead atoms. The molecule has 5 nitrogen and oxygen atoms in total.